The first-order valence-electron chi connectivity index (χ1n) is 5.97. The third kappa shape index (κ3) is 3.50. The number of carboxylic acids is 1. The van der Waals surface area contributed by atoms with Crippen LogP contribution in [0.15, 0.2) is 16.5 Å². The lowest BCUT2D eigenvalue weighted by Gasteiger charge is -2.32. The molecule has 2 heterocycles. The normalized spacial score (nSPS) is 18.7. The molecule has 1 aromatic heterocycles. The van der Waals surface area contributed by atoms with Crippen molar-refractivity contribution in [2.45, 2.75) is 25.6 Å². The molecule has 1 aliphatic rings. The molecule has 1 aliphatic heterocycles. The standard InChI is InChI=1S/C12H14F3NO3/c13-12(14,15)8-3-5-16(6-4-8)7-9-1-2-10(19-9)11(17)18/h1-2,8H,3-7H2,(H,17,18). The maximum atomic E-state index is 12.5. The Morgan fingerprint density at radius 2 is 2.00 bits per heavy atom. The predicted octanol–water partition coefficient (Wildman–Crippen LogP) is 2.75. The molecule has 1 fully saturated rings. The van der Waals surface area contributed by atoms with Crippen LogP contribution in [0.4, 0.5) is 13.2 Å². The van der Waals surface area contributed by atoms with Gasteiger partial charge in [0.2, 0.25) is 5.76 Å². The van der Waals surface area contributed by atoms with Gasteiger partial charge in [-0.05, 0) is 38.1 Å². The fraction of sp³-hybridized carbons (Fsp3) is 0.583. The molecule has 0 aromatic carbocycles. The summed E-state index contributed by atoms with van der Waals surface area (Å²) in [5, 5.41) is 8.70. The quantitative estimate of drug-likeness (QED) is 0.923. The van der Waals surface area contributed by atoms with Crippen molar-refractivity contribution in [1.29, 1.82) is 0 Å². The smallest absolute Gasteiger partial charge is 0.391 e. The van der Waals surface area contributed by atoms with E-state index >= 15 is 0 Å². The number of rotatable bonds is 3. The van der Waals surface area contributed by atoms with Crippen molar-refractivity contribution >= 4 is 5.97 Å². The Morgan fingerprint density at radius 1 is 1.37 bits per heavy atom. The molecule has 0 saturated carbocycles. The SMILES string of the molecule is O=C(O)c1ccc(CN2CCC(C(F)(F)F)CC2)o1. The summed E-state index contributed by atoms with van der Waals surface area (Å²) < 4.78 is 42.5. The lowest BCUT2D eigenvalue weighted by molar-refractivity contribution is -0.185. The summed E-state index contributed by atoms with van der Waals surface area (Å²) in [5.74, 6) is -2.07. The van der Waals surface area contributed by atoms with Gasteiger partial charge >= 0.3 is 12.1 Å². The van der Waals surface area contributed by atoms with Crippen LogP contribution in [0.25, 0.3) is 0 Å². The minimum Gasteiger partial charge on any atom is -0.475 e. The van der Waals surface area contributed by atoms with Gasteiger partial charge in [0.05, 0.1) is 12.5 Å². The molecule has 0 unspecified atom stereocenters. The summed E-state index contributed by atoms with van der Waals surface area (Å²) >= 11 is 0. The summed E-state index contributed by atoms with van der Waals surface area (Å²) in [5.41, 5.74) is 0. The summed E-state index contributed by atoms with van der Waals surface area (Å²) in [4.78, 5) is 12.5. The van der Waals surface area contributed by atoms with Gasteiger partial charge in [0.1, 0.15) is 5.76 Å². The zero-order valence-corrected chi connectivity index (χ0v) is 10.1. The molecule has 19 heavy (non-hydrogen) atoms. The highest BCUT2D eigenvalue weighted by molar-refractivity contribution is 5.84. The number of carbonyl (C=O) groups is 1. The van der Waals surface area contributed by atoms with Crippen molar-refractivity contribution in [3.8, 4) is 0 Å². The fourth-order valence-corrected chi connectivity index (χ4v) is 2.22. The van der Waals surface area contributed by atoms with E-state index in [2.05, 4.69) is 0 Å². The number of alkyl halides is 3. The fourth-order valence-electron chi connectivity index (χ4n) is 2.22. The van der Waals surface area contributed by atoms with E-state index in [0.717, 1.165) is 0 Å². The molecule has 0 amide bonds. The minimum absolute atomic E-state index is 0.0794. The highest BCUT2D eigenvalue weighted by atomic mass is 19.4. The zero-order valence-electron chi connectivity index (χ0n) is 10.1. The summed E-state index contributed by atoms with van der Waals surface area (Å²) in [6, 6.07) is 2.89. The predicted molar refractivity (Wildman–Crippen MR) is 59.7 cm³/mol. The van der Waals surface area contributed by atoms with Crippen LogP contribution < -0.4 is 0 Å². The van der Waals surface area contributed by atoms with E-state index in [9.17, 15) is 18.0 Å². The third-order valence-electron chi connectivity index (χ3n) is 3.30. The highest BCUT2D eigenvalue weighted by Crippen LogP contribution is 2.34. The van der Waals surface area contributed by atoms with E-state index in [1.165, 1.54) is 6.07 Å². The van der Waals surface area contributed by atoms with Crippen molar-refractivity contribution in [3.05, 3.63) is 23.7 Å². The molecule has 4 nitrogen and oxygen atoms in total. The Bertz CT molecular complexity index is 447. The number of nitrogens with zero attached hydrogens (tertiary/aromatic N) is 1. The molecule has 7 heteroatoms. The molecule has 1 N–H and O–H groups in total. The first-order chi connectivity index (χ1) is 8.86. The van der Waals surface area contributed by atoms with Crippen LogP contribution in [0, 0.1) is 5.92 Å². The van der Waals surface area contributed by atoms with Crippen LogP contribution in [0.2, 0.25) is 0 Å². The Hall–Kier alpha value is -1.50. The van der Waals surface area contributed by atoms with E-state index < -0.39 is 18.1 Å². The van der Waals surface area contributed by atoms with Crippen molar-refractivity contribution in [2.24, 2.45) is 5.92 Å². The lowest BCUT2D eigenvalue weighted by atomic mass is 9.96. The first kappa shape index (κ1) is 13.9. The molecular formula is C12H14F3NO3. The molecule has 0 bridgehead atoms. The molecule has 1 aromatic rings. The van der Waals surface area contributed by atoms with Gasteiger partial charge in [-0.2, -0.15) is 13.2 Å². The molecule has 0 radical (unpaired) electrons. The molecule has 0 spiro atoms. The number of likely N-dealkylation sites (tertiary alicyclic amines) is 1. The van der Waals surface area contributed by atoms with Crippen LogP contribution in [0.1, 0.15) is 29.2 Å². The van der Waals surface area contributed by atoms with Gasteiger partial charge in [-0.15, -0.1) is 0 Å². The zero-order chi connectivity index (χ0) is 14.0. The van der Waals surface area contributed by atoms with Gasteiger partial charge in [0, 0.05) is 0 Å². The molecule has 0 atom stereocenters. The third-order valence-corrected chi connectivity index (χ3v) is 3.30. The maximum Gasteiger partial charge on any atom is 0.391 e. The Balaban J connectivity index is 1.87. The van der Waals surface area contributed by atoms with Crippen molar-refractivity contribution < 1.29 is 27.5 Å². The van der Waals surface area contributed by atoms with Gasteiger partial charge in [0.15, 0.2) is 0 Å². The van der Waals surface area contributed by atoms with Crippen LogP contribution in [0.5, 0.6) is 0 Å². The largest absolute Gasteiger partial charge is 0.475 e. The molecular weight excluding hydrogens is 263 g/mol. The number of carboxylic acid groups (broad SMARTS) is 1. The van der Waals surface area contributed by atoms with Crippen molar-refractivity contribution in [2.75, 3.05) is 13.1 Å². The van der Waals surface area contributed by atoms with E-state index in [1.54, 1.807) is 6.07 Å². The monoisotopic (exact) mass is 277 g/mol. The summed E-state index contributed by atoms with van der Waals surface area (Å²) in [7, 11) is 0. The van der Waals surface area contributed by atoms with Crippen LogP contribution in [-0.4, -0.2) is 35.2 Å². The van der Waals surface area contributed by atoms with Gasteiger partial charge in [-0.3, -0.25) is 4.90 Å². The number of hydrogen-bond donors (Lipinski definition) is 1. The molecule has 1 saturated heterocycles. The van der Waals surface area contributed by atoms with Crippen LogP contribution >= 0.6 is 0 Å². The Labute approximate surface area is 107 Å². The van der Waals surface area contributed by atoms with E-state index in [-0.39, 0.29) is 18.6 Å². The van der Waals surface area contributed by atoms with Gasteiger partial charge in [0.25, 0.3) is 0 Å². The summed E-state index contributed by atoms with van der Waals surface area (Å²) in [6.45, 7) is 1.03. The van der Waals surface area contributed by atoms with Crippen LogP contribution in [0.3, 0.4) is 0 Å². The Kier molecular flexibility index (Phi) is 3.84. The second-order valence-electron chi connectivity index (χ2n) is 4.66. The Morgan fingerprint density at radius 3 is 2.47 bits per heavy atom. The average molecular weight is 277 g/mol. The number of halogens is 3. The average Bonchev–Trinajstić information content (AvgIpc) is 2.77. The van der Waals surface area contributed by atoms with E-state index in [4.69, 9.17) is 9.52 Å². The first-order valence-corrected chi connectivity index (χ1v) is 5.97. The number of hydrogen-bond acceptors (Lipinski definition) is 3. The molecule has 106 valence electrons. The number of aromatic carboxylic acids is 1. The van der Waals surface area contributed by atoms with Crippen LogP contribution in [-0.2, 0) is 6.54 Å². The van der Waals surface area contributed by atoms with Crippen molar-refractivity contribution in [1.82, 2.24) is 4.90 Å². The van der Waals surface area contributed by atoms with Gasteiger partial charge in [-0.1, -0.05) is 0 Å². The molecule has 2 rings (SSSR count). The maximum absolute atomic E-state index is 12.5. The second kappa shape index (κ2) is 5.24. The topological polar surface area (TPSA) is 53.7 Å². The summed E-state index contributed by atoms with van der Waals surface area (Å²) in [6.07, 6.45) is -3.96. The van der Waals surface area contributed by atoms with Crippen molar-refractivity contribution in [3.63, 3.8) is 0 Å². The molecule has 0 aliphatic carbocycles. The lowest BCUT2D eigenvalue weighted by Crippen LogP contribution is -2.38. The highest BCUT2D eigenvalue weighted by Gasteiger charge is 2.41. The second-order valence-corrected chi connectivity index (χ2v) is 4.66. The van der Waals surface area contributed by atoms with E-state index in [1.807, 2.05) is 4.90 Å². The van der Waals surface area contributed by atoms with Gasteiger partial charge < -0.3 is 9.52 Å². The van der Waals surface area contributed by atoms with E-state index in [0.29, 0.717) is 25.4 Å². The number of furan rings is 1. The number of piperidine rings is 1. The minimum atomic E-state index is -4.12. The van der Waals surface area contributed by atoms with Gasteiger partial charge in [-0.25, -0.2) is 4.79 Å².